The van der Waals surface area contributed by atoms with Crippen LogP contribution in [-0.4, -0.2) is 41.4 Å². The van der Waals surface area contributed by atoms with Gasteiger partial charge in [0, 0.05) is 5.56 Å². The van der Waals surface area contributed by atoms with Crippen LogP contribution in [0.5, 0.6) is 0 Å². The van der Waals surface area contributed by atoms with E-state index in [1.54, 1.807) is 4.90 Å². The molecule has 1 aliphatic rings. The molecule has 7 heteroatoms. The number of hydrogen-bond acceptors (Lipinski definition) is 5. The Hall–Kier alpha value is -2.61. The van der Waals surface area contributed by atoms with E-state index < -0.39 is 0 Å². The molecule has 0 spiro atoms. The first-order chi connectivity index (χ1) is 14.2. The van der Waals surface area contributed by atoms with E-state index in [4.69, 9.17) is 9.40 Å². The predicted octanol–water partition coefficient (Wildman–Crippen LogP) is 1.14. The number of nitrogens with one attached hydrogen (secondary N) is 2. The third-order valence-electron chi connectivity index (χ3n) is 5.54. The van der Waals surface area contributed by atoms with E-state index in [0.717, 1.165) is 56.2 Å². The van der Waals surface area contributed by atoms with Crippen LogP contribution in [0.2, 0.25) is 0 Å². The summed E-state index contributed by atoms with van der Waals surface area (Å²) in [5, 5.41) is 9.76. The van der Waals surface area contributed by atoms with Crippen LogP contribution in [-0.2, 0) is 13.1 Å². The van der Waals surface area contributed by atoms with Crippen LogP contribution in [0.25, 0.3) is 21.7 Å². The number of piperazine rings is 1. The molecule has 4 aromatic rings. The quantitative estimate of drug-likeness (QED) is 0.521. The molecule has 2 N–H and O–H groups in total. The Bertz CT molecular complexity index is 1080. The van der Waals surface area contributed by atoms with Gasteiger partial charge in [0.25, 0.3) is 5.89 Å². The van der Waals surface area contributed by atoms with Gasteiger partial charge in [-0.1, -0.05) is 29.8 Å². The summed E-state index contributed by atoms with van der Waals surface area (Å²) in [7, 11) is 0. The number of quaternary nitrogens is 2. The van der Waals surface area contributed by atoms with Gasteiger partial charge in [-0.05, 0) is 31.2 Å². The second-order valence-electron chi connectivity index (χ2n) is 7.80. The molecular weight excluding hydrogens is 382 g/mol. The van der Waals surface area contributed by atoms with Gasteiger partial charge in [-0.2, -0.15) is 0 Å². The number of aromatic nitrogens is 3. The fourth-order valence-corrected chi connectivity index (χ4v) is 4.99. The van der Waals surface area contributed by atoms with E-state index in [1.807, 2.05) is 23.5 Å². The number of hydrogen-bond donors (Lipinski definition) is 2. The summed E-state index contributed by atoms with van der Waals surface area (Å²) in [4.78, 5) is 7.91. The maximum atomic E-state index is 5.93. The Morgan fingerprint density at radius 3 is 2.52 bits per heavy atom. The molecule has 5 rings (SSSR count). The van der Waals surface area contributed by atoms with Crippen LogP contribution in [0.15, 0.2) is 52.9 Å². The first-order valence-corrected chi connectivity index (χ1v) is 11.0. The fourth-order valence-electron chi connectivity index (χ4n) is 3.95. The van der Waals surface area contributed by atoms with Gasteiger partial charge in [0.15, 0.2) is 6.54 Å². The Kier molecular flexibility index (Phi) is 5.10. The van der Waals surface area contributed by atoms with Gasteiger partial charge in [0.05, 0.1) is 10.2 Å². The lowest BCUT2D eigenvalue weighted by atomic mass is 10.1. The van der Waals surface area contributed by atoms with Crippen molar-refractivity contribution in [3.05, 3.63) is 65.0 Å². The monoisotopic (exact) mass is 407 g/mol. The lowest BCUT2D eigenvalue weighted by Crippen LogP contribution is -3.27. The van der Waals surface area contributed by atoms with E-state index in [1.165, 1.54) is 20.2 Å². The zero-order chi connectivity index (χ0) is 19.6. The highest BCUT2D eigenvalue weighted by atomic mass is 32.1. The summed E-state index contributed by atoms with van der Waals surface area (Å²) in [6, 6.07) is 16.6. The van der Waals surface area contributed by atoms with Gasteiger partial charge in [0.2, 0.25) is 5.89 Å². The van der Waals surface area contributed by atoms with Crippen molar-refractivity contribution in [2.45, 2.75) is 20.0 Å². The second kappa shape index (κ2) is 8.02. The molecule has 148 valence electrons. The molecule has 1 aliphatic heterocycles. The van der Waals surface area contributed by atoms with Crippen molar-refractivity contribution in [1.29, 1.82) is 0 Å². The lowest BCUT2D eigenvalue weighted by molar-refractivity contribution is -1.02. The molecule has 6 nitrogen and oxygen atoms in total. The summed E-state index contributed by atoms with van der Waals surface area (Å²) in [6.45, 7) is 8.40. The minimum Gasteiger partial charge on any atom is -0.415 e. The molecule has 0 unspecified atom stereocenters. The van der Waals surface area contributed by atoms with Crippen LogP contribution in [0.3, 0.4) is 0 Å². The van der Waals surface area contributed by atoms with Gasteiger partial charge in [0.1, 0.15) is 37.7 Å². The van der Waals surface area contributed by atoms with Gasteiger partial charge >= 0.3 is 0 Å². The zero-order valence-electron chi connectivity index (χ0n) is 16.5. The Morgan fingerprint density at radius 1 is 0.931 bits per heavy atom. The number of nitrogens with zero attached hydrogens (tertiary/aromatic N) is 3. The molecule has 3 heterocycles. The van der Waals surface area contributed by atoms with Crippen LogP contribution < -0.4 is 9.80 Å². The Labute approximate surface area is 173 Å². The molecule has 0 bridgehead atoms. The largest absolute Gasteiger partial charge is 0.415 e. The molecule has 0 amide bonds. The van der Waals surface area contributed by atoms with Gasteiger partial charge in [-0.15, -0.1) is 21.5 Å². The van der Waals surface area contributed by atoms with Crippen LogP contribution in [0.4, 0.5) is 0 Å². The van der Waals surface area contributed by atoms with Crippen LogP contribution in [0, 0.1) is 6.92 Å². The van der Waals surface area contributed by atoms with Crippen molar-refractivity contribution in [3.8, 4) is 11.5 Å². The molecule has 0 radical (unpaired) electrons. The highest BCUT2D eigenvalue weighted by Gasteiger charge is 2.25. The third kappa shape index (κ3) is 4.22. The van der Waals surface area contributed by atoms with Gasteiger partial charge in [-0.25, -0.2) is 4.98 Å². The molecule has 1 fully saturated rings. The van der Waals surface area contributed by atoms with Crippen molar-refractivity contribution in [2.24, 2.45) is 0 Å². The molecular formula is C22H25N5OS+2. The first-order valence-electron chi connectivity index (χ1n) is 10.1. The molecule has 2 aromatic carbocycles. The number of para-hydroxylation sites is 1. The van der Waals surface area contributed by atoms with Gasteiger partial charge < -0.3 is 14.2 Å². The van der Waals surface area contributed by atoms with E-state index in [-0.39, 0.29) is 0 Å². The summed E-state index contributed by atoms with van der Waals surface area (Å²) in [5.74, 6) is 1.34. The normalized spacial score (nSPS) is 19.6. The first kappa shape index (κ1) is 18.4. The lowest BCUT2D eigenvalue weighted by Gasteiger charge is -2.28. The molecule has 2 aromatic heterocycles. The predicted molar refractivity (Wildman–Crippen MR) is 113 cm³/mol. The van der Waals surface area contributed by atoms with E-state index >= 15 is 0 Å². The van der Waals surface area contributed by atoms with Crippen molar-refractivity contribution < 1.29 is 14.2 Å². The average molecular weight is 408 g/mol. The summed E-state index contributed by atoms with van der Waals surface area (Å²) >= 11 is 1.82. The summed E-state index contributed by atoms with van der Waals surface area (Å²) < 4.78 is 7.21. The van der Waals surface area contributed by atoms with Crippen LogP contribution >= 0.6 is 11.3 Å². The molecule has 1 saturated heterocycles. The zero-order valence-corrected chi connectivity index (χ0v) is 17.3. The SMILES string of the molecule is Cc1cccc(-c2nnc(C[NH+]3CC[NH+](Cc4nc5ccccc5s4)CC3)o2)c1. The van der Waals surface area contributed by atoms with Crippen molar-refractivity contribution in [3.63, 3.8) is 0 Å². The molecule has 0 aliphatic carbocycles. The third-order valence-corrected chi connectivity index (χ3v) is 6.57. The smallest absolute Gasteiger partial charge is 0.271 e. The van der Waals surface area contributed by atoms with E-state index in [0.29, 0.717) is 5.89 Å². The highest BCUT2D eigenvalue weighted by molar-refractivity contribution is 7.18. The van der Waals surface area contributed by atoms with Crippen LogP contribution in [0.1, 0.15) is 16.5 Å². The summed E-state index contributed by atoms with van der Waals surface area (Å²) in [6.07, 6.45) is 0. The maximum Gasteiger partial charge on any atom is 0.271 e. The topological polar surface area (TPSA) is 60.7 Å². The Balaban J connectivity index is 1.16. The number of rotatable bonds is 5. The minimum absolute atomic E-state index is 0.614. The van der Waals surface area contributed by atoms with Crippen molar-refractivity contribution >= 4 is 21.6 Å². The molecule has 0 saturated carbocycles. The summed E-state index contributed by atoms with van der Waals surface area (Å²) in [5.41, 5.74) is 3.31. The number of aryl methyl sites for hydroxylation is 1. The fraction of sp³-hybridized carbons (Fsp3) is 0.318. The Morgan fingerprint density at radius 2 is 1.72 bits per heavy atom. The van der Waals surface area contributed by atoms with Crippen molar-refractivity contribution in [1.82, 2.24) is 15.2 Å². The highest BCUT2D eigenvalue weighted by Crippen LogP contribution is 2.21. The average Bonchev–Trinajstić information content (AvgIpc) is 3.36. The van der Waals surface area contributed by atoms with Gasteiger partial charge in [-0.3, -0.25) is 0 Å². The molecule has 29 heavy (non-hydrogen) atoms. The number of thiazole rings is 1. The number of benzene rings is 2. The minimum atomic E-state index is 0.614. The molecule has 0 atom stereocenters. The standard InChI is InChI=1S/C22H23N5OS/c1-16-5-4-6-17(13-16)22-25-24-20(28-22)14-26-9-11-27(12-10-26)15-21-23-18-7-2-3-8-19(18)29-21/h2-8,13H,9-12,14-15H2,1H3/p+2. The number of fused-ring (bicyclic) bond motifs is 1. The second-order valence-corrected chi connectivity index (χ2v) is 8.91. The van der Waals surface area contributed by atoms with E-state index in [2.05, 4.69) is 53.5 Å². The van der Waals surface area contributed by atoms with E-state index in [9.17, 15) is 0 Å². The maximum absolute atomic E-state index is 5.93. The van der Waals surface area contributed by atoms with Crippen molar-refractivity contribution in [2.75, 3.05) is 26.2 Å².